The van der Waals surface area contributed by atoms with Gasteiger partial charge in [-0.25, -0.2) is 4.79 Å². The Labute approximate surface area is 206 Å². The van der Waals surface area contributed by atoms with E-state index in [0.29, 0.717) is 85.9 Å². The highest BCUT2D eigenvalue weighted by atomic mass is 16.6. The van der Waals surface area contributed by atoms with Gasteiger partial charge in [0.15, 0.2) is 0 Å². The molecule has 0 aromatic heterocycles. The second-order valence-electron chi connectivity index (χ2n) is 6.84. The molecule has 0 aliphatic carbocycles. The first-order chi connectivity index (χ1) is 17.1. The smallest absolute Gasteiger partial charge is 0.372 e. The fourth-order valence-corrected chi connectivity index (χ4v) is 2.20. The van der Waals surface area contributed by atoms with Crippen molar-refractivity contribution in [1.29, 1.82) is 0 Å². The number of Topliss-reactive ketones (excluding diaryl/α,β-unsaturated/α-hetero) is 1. The summed E-state index contributed by atoms with van der Waals surface area (Å²) < 4.78 is 42.3. The highest BCUT2D eigenvalue weighted by molar-refractivity contribution is 6.32. The Bertz CT molecular complexity index is 521. The number of carbonyl (C=O) groups excluding carboxylic acids is 2. The molecule has 0 heterocycles. The third-order valence-electron chi connectivity index (χ3n) is 4.01. The van der Waals surface area contributed by atoms with E-state index in [1.807, 2.05) is 7.05 Å². The van der Waals surface area contributed by atoms with Crippen LogP contribution in [0.1, 0.15) is 12.8 Å². The van der Waals surface area contributed by atoms with Gasteiger partial charge in [0.05, 0.1) is 98.9 Å². The van der Waals surface area contributed by atoms with E-state index in [4.69, 9.17) is 43.0 Å². The van der Waals surface area contributed by atoms with E-state index < -0.39 is 17.7 Å². The second-order valence-corrected chi connectivity index (χ2v) is 6.84. The SMILES string of the molecule is CNCCOCCOCCOCCOCCOCCOCCOCCOC(=O)CCC(=O)C(=O)O. The number of ether oxygens (including phenoxy) is 8. The molecule has 0 unspecified atom stereocenters. The summed E-state index contributed by atoms with van der Waals surface area (Å²) in [6.45, 7) is 7.32. The molecular formula is C22H41NO12. The van der Waals surface area contributed by atoms with Crippen molar-refractivity contribution >= 4 is 17.7 Å². The molecule has 13 heteroatoms. The molecule has 206 valence electrons. The van der Waals surface area contributed by atoms with E-state index in [-0.39, 0.29) is 26.1 Å². The Morgan fingerprint density at radius 1 is 0.543 bits per heavy atom. The molecule has 35 heavy (non-hydrogen) atoms. The number of rotatable bonds is 28. The van der Waals surface area contributed by atoms with E-state index in [2.05, 4.69) is 5.32 Å². The Morgan fingerprint density at radius 3 is 1.23 bits per heavy atom. The molecule has 0 saturated carbocycles. The molecule has 0 spiro atoms. The van der Waals surface area contributed by atoms with Crippen molar-refractivity contribution in [3.63, 3.8) is 0 Å². The van der Waals surface area contributed by atoms with Crippen LogP contribution in [0.15, 0.2) is 0 Å². The summed E-state index contributed by atoms with van der Waals surface area (Å²) in [7, 11) is 1.88. The van der Waals surface area contributed by atoms with Gasteiger partial charge in [-0.15, -0.1) is 0 Å². The number of ketones is 1. The van der Waals surface area contributed by atoms with Crippen molar-refractivity contribution in [1.82, 2.24) is 5.32 Å². The maximum Gasteiger partial charge on any atom is 0.372 e. The molecule has 0 bridgehead atoms. The lowest BCUT2D eigenvalue weighted by Crippen LogP contribution is -2.17. The van der Waals surface area contributed by atoms with Gasteiger partial charge < -0.3 is 48.3 Å². The van der Waals surface area contributed by atoms with Gasteiger partial charge in [-0.3, -0.25) is 9.59 Å². The minimum Gasteiger partial charge on any atom is -0.476 e. The van der Waals surface area contributed by atoms with Crippen molar-refractivity contribution in [2.24, 2.45) is 0 Å². The van der Waals surface area contributed by atoms with E-state index >= 15 is 0 Å². The summed E-state index contributed by atoms with van der Waals surface area (Å²) in [6.07, 6.45) is -0.646. The van der Waals surface area contributed by atoms with Crippen LogP contribution in [-0.2, 0) is 52.3 Å². The Morgan fingerprint density at radius 2 is 0.886 bits per heavy atom. The van der Waals surface area contributed by atoms with Crippen molar-refractivity contribution in [2.45, 2.75) is 12.8 Å². The number of carbonyl (C=O) groups is 3. The van der Waals surface area contributed by atoms with Gasteiger partial charge in [0.2, 0.25) is 5.78 Å². The molecule has 0 radical (unpaired) electrons. The largest absolute Gasteiger partial charge is 0.476 e. The molecule has 2 N–H and O–H groups in total. The number of nitrogens with one attached hydrogen (secondary N) is 1. The van der Waals surface area contributed by atoms with Crippen LogP contribution < -0.4 is 5.32 Å². The standard InChI is InChI=1S/C22H41NO12/c1-23-4-5-28-6-7-29-8-9-30-10-11-31-12-13-32-14-15-33-16-17-34-18-19-35-21(25)3-2-20(24)22(26)27/h23H,2-19H2,1H3,(H,26,27). The van der Waals surface area contributed by atoms with Gasteiger partial charge in [-0.05, 0) is 7.05 Å². The zero-order valence-electron chi connectivity index (χ0n) is 20.7. The maximum atomic E-state index is 11.3. The average molecular weight is 512 g/mol. The number of hydrogen-bond donors (Lipinski definition) is 2. The molecular weight excluding hydrogens is 470 g/mol. The first-order valence-electron chi connectivity index (χ1n) is 11.7. The normalized spacial score (nSPS) is 11.0. The molecule has 0 atom stereocenters. The van der Waals surface area contributed by atoms with Crippen molar-refractivity contribution in [3.8, 4) is 0 Å². The summed E-state index contributed by atoms with van der Waals surface area (Å²) >= 11 is 0. The highest BCUT2D eigenvalue weighted by Gasteiger charge is 2.14. The zero-order chi connectivity index (χ0) is 25.8. The molecule has 0 aromatic rings. The maximum absolute atomic E-state index is 11.3. The summed E-state index contributed by atoms with van der Waals surface area (Å²) in [6, 6.07) is 0. The van der Waals surface area contributed by atoms with E-state index in [1.54, 1.807) is 0 Å². The topological polar surface area (TPSA) is 157 Å². The van der Waals surface area contributed by atoms with Crippen LogP contribution in [0, 0.1) is 0 Å². The number of likely N-dealkylation sites (N-methyl/N-ethyl adjacent to an activating group) is 1. The Kier molecular flexibility index (Phi) is 25.6. The molecule has 0 amide bonds. The number of carboxylic acid groups (broad SMARTS) is 1. The monoisotopic (exact) mass is 511 g/mol. The van der Waals surface area contributed by atoms with Crippen molar-refractivity contribution in [2.75, 3.05) is 113 Å². The van der Waals surface area contributed by atoms with Gasteiger partial charge in [0.1, 0.15) is 6.61 Å². The van der Waals surface area contributed by atoms with E-state index in [9.17, 15) is 14.4 Å². The predicted octanol–water partition coefficient (Wildman–Crippen LogP) is -0.701. The second kappa shape index (κ2) is 26.9. The van der Waals surface area contributed by atoms with Crippen LogP contribution in [0.5, 0.6) is 0 Å². The molecule has 0 rings (SSSR count). The number of carboxylic acids is 1. The van der Waals surface area contributed by atoms with Gasteiger partial charge in [-0.2, -0.15) is 0 Å². The molecule has 0 fully saturated rings. The Hall–Kier alpha value is -1.71. The average Bonchev–Trinajstić information content (AvgIpc) is 2.85. The lowest BCUT2D eigenvalue weighted by atomic mass is 10.2. The lowest BCUT2D eigenvalue weighted by Gasteiger charge is -2.08. The lowest BCUT2D eigenvalue weighted by molar-refractivity contribution is -0.151. The summed E-state index contributed by atoms with van der Waals surface area (Å²) in [4.78, 5) is 32.5. The fraction of sp³-hybridized carbons (Fsp3) is 0.864. The van der Waals surface area contributed by atoms with E-state index in [1.165, 1.54) is 0 Å². The van der Waals surface area contributed by atoms with Crippen LogP contribution in [0.3, 0.4) is 0 Å². The third-order valence-corrected chi connectivity index (χ3v) is 4.01. The molecule has 13 nitrogen and oxygen atoms in total. The van der Waals surface area contributed by atoms with Gasteiger partial charge in [0, 0.05) is 13.0 Å². The van der Waals surface area contributed by atoms with Crippen molar-refractivity contribution in [3.05, 3.63) is 0 Å². The van der Waals surface area contributed by atoms with Crippen LogP contribution in [0.4, 0.5) is 0 Å². The Balaban J connectivity index is 3.14. The summed E-state index contributed by atoms with van der Waals surface area (Å²) in [5.74, 6) is -3.22. The molecule has 0 aliphatic rings. The minimum atomic E-state index is -1.56. The molecule has 0 aromatic carbocycles. The number of aliphatic carboxylic acids is 1. The van der Waals surface area contributed by atoms with Crippen LogP contribution in [0.25, 0.3) is 0 Å². The first-order valence-corrected chi connectivity index (χ1v) is 11.7. The van der Waals surface area contributed by atoms with Crippen molar-refractivity contribution < 1.29 is 57.4 Å². The minimum absolute atomic E-state index is 0.0227. The van der Waals surface area contributed by atoms with Crippen LogP contribution in [-0.4, -0.2) is 136 Å². The first kappa shape index (κ1) is 33.3. The summed E-state index contributed by atoms with van der Waals surface area (Å²) in [5.41, 5.74) is 0. The quantitative estimate of drug-likeness (QED) is 0.0772. The van der Waals surface area contributed by atoms with E-state index in [0.717, 1.165) is 6.54 Å². The number of esters is 1. The summed E-state index contributed by atoms with van der Waals surface area (Å²) in [5, 5.41) is 11.4. The zero-order valence-corrected chi connectivity index (χ0v) is 20.7. The van der Waals surface area contributed by atoms with Gasteiger partial charge in [-0.1, -0.05) is 0 Å². The van der Waals surface area contributed by atoms with Crippen LogP contribution in [0.2, 0.25) is 0 Å². The highest BCUT2D eigenvalue weighted by Crippen LogP contribution is 1.95. The van der Waals surface area contributed by atoms with Crippen LogP contribution >= 0.6 is 0 Å². The van der Waals surface area contributed by atoms with Gasteiger partial charge >= 0.3 is 11.9 Å². The molecule has 0 saturated heterocycles. The fourth-order valence-electron chi connectivity index (χ4n) is 2.20. The number of hydrogen-bond acceptors (Lipinski definition) is 12. The van der Waals surface area contributed by atoms with Gasteiger partial charge in [0.25, 0.3) is 0 Å². The molecule has 0 aliphatic heterocycles. The predicted molar refractivity (Wildman–Crippen MR) is 122 cm³/mol. The third kappa shape index (κ3) is 26.7.